The fourth-order valence-electron chi connectivity index (χ4n) is 2.21. The minimum absolute atomic E-state index is 0.216. The first-order chi connectivity index (χ1) is 8.86. The van der Waals surface area contributed by atoms with Gasteiger partial charge >= 0.3 is 0 Å². The highest BCUT2D eigenvalue weighted by molar-refractivity contribution is 9.08. The molecule has 0 aliphatic rings. The van der Waals surface area contributed by atoms with E-state index < -0.39 is 0 Å². The molecule has 0 radical (unpaired) electrons. The first kappa shape index (κ1) is 14.4. The Balaban J connectivity index is 2.50. The lowest BCUT2D eigenvalue weighted by Gasteiger charge is -2.36. The van der Waals surface area contributed by atoms with Crippen LogP contribution in [0.1, 0.15) is 33.4 Å². The molecule has 1 unspecified atom stereocenters. The molecular weight excluding hydrogens is 302 g/mol. The summed E-state index contributed by atoms with van der Waals surface area (Å²) in [5.41, 5.74) is 2.42. The zero-order chi connectivity index (χ0) is 14.2. The van der Waals surface area contributed by atoms with Crippen molar-refractivity contribution in [2.45, 2.75) is 39.1 Å². The van der Waals surface area contributed by atoms with E-state index in [4.69, 9.17) is 4.98 Å². The van der Waals surface area contributed by atoms with Gasteiger partial charge in [-0.25, -0.2) is 4.98 Å². The maximum absolute atomic E-state index is 4.78. The van der Waals surface area contributed by atoms with Crippen LogP contribution < -0.4 is 4.90 Å². The molecule has 19 heavy (non-hydrogen) atoms. The summed E-state index contributed by atoms with van der Waals surface area (Å²) >= 11 is 3.59. The predicted molar refractivity (Wildman–Crippen MR) is 85.1 cm³/mol. The summed E-state index contributed by atoms with van der Waals surface area (Å²) in [6.07, 6.45) is 2.07. The van der Waals surface area contributed by atoms with Crippen molar-refractivity contribution in [1.82, 2.24) is 9.38 Å². The van der Waals surface area contributed by atoms with Crippen LogP contribution in [0.5, 0.6) is 0 Å². The Kier molecular flexibility index (Phi) is 3.90. The molecule has 104 valence electrons. The fraction of sp³-hybridized carbons (Fsp3) is 0.533. The monoisotopic (exact) mass is 323 g/mol. The summed E-state index contributed by atoms with van der Waals surface area (Å²) < 4.78 is 2.15. The molecule has 0 saturated heterocycles. The predicted octanol–water partition coefficient (Wildman–Crippen LogP) is 4.10. The van der Waals surface area contributed by atoms with E-state index in [0.29, 0.717) is 6.04 Å². The molecule has 4 heteroatoms. The van der Waals surface area contributed by atoms with Gasteiger partial charge in [0, 0.05) is 24.6 Å². The number of imidazole rings is 1. The number of alkyl halides is 1. The number of hydrogen-bond donors (Lipinski definition) is 0. The molecule has 0 fully saturated rings. The van der Waals surface area contributed by atoms with Crippen LogP contribution in [0.25, 0.3) is 5.65 Å². The molecule has 0 amide bonds. The summed E-state index contributed by atoms with van der Waals surface area (Å²) in [6, 6.07) is 6.52. The Morgan fingerprint density at radius 1 is 1.37 bits per heavy atom. The molecule has 2 aromatic heterocycles. The lowest BCUT2D eigenvalue weighted by atomic mass is 9.87. The van der Waals surface area contributed by atoms with Crippen LogP contribution in [0.3, 0.4) is 0 Å². The van der Waals surface area contributed by atoms with Gasteiger partial charge < -0.3 is 9.30 Å². The molecule has 0 aliphatic carbocycles. The zero-order valence-electron chi connectivity index (χ0n) is 12.3. The SMILES string of the molecule is CC(N(C)c1nc2ccccn2c1CBr)C(C)(C)C. The lowest BCUT2D eigenvalue weighted by molar-refractivity contribution is 0.328. The Morgan fingerprint density at radius 2 is 2.05 bits per heavy atom. The van der Waals surface area contributed by atoms with Gasteiger partial charge in [-0.1, -0.05) is 42.8 Å². The van der Waals surface area contributed by atoms with Crippen LogP contribution >= 0.6 is 15.9 Å². The average Bonchev–Trinajstić information content (AvgIpc) is 2.74. The Morgan fingerprint density at radius 3 is 2.63 bits per heavy atom. The molecule has 0 N–H and O–H groups in total. The first-order valence-electron chi connectivity index (χ1n) is 6.61. The largest absolute Gasteiger partial charge is 0.355 e. The van der Waals surface area contributed by atoms with Crippen LogP contribution in [0.15, 0.2) is 24.4 Å². The molecule has 0 aromatic carbocycles. The number of rotatable bonds is 3. The second-order valence-corrected chi connectivity index (χ2v) is 6.66. The molecular formula is C15H22BrN3. The van der Waals surface area contributed by atoms with Crippen molar-refractivity contribution in [1.29, 1.82) is 0 Å². The minimum atomic E-state index is 0.216. The molecule has 1 atom stereocenters. The van der Waals surface area contributed by atoms with E-state index in [0.717, 1.165) is 16.8 Å². The third-order valence-corrected chi connectivity index (χ3v) is 4.43. The van der Waals surface area contributed by atoms with Crippen molar-refractivity contribution in [2.24, 2.45) is 5.41 Å². The van der Waals surface area contributed by atoms with Crippen molar-refractivity contribution in [2.75, 3.05) is 11.9 Å². The van der Waals surface area contributed by atoms with Crippen LogP contribution in [-0.4, -0.2) is 22.5 Å². The number of hydrogen-bond acceptors (Lipinski definition) is 2. The van der Waals surface area contributed by atoms with Gasteiger partial charge in [-0.05, 0) is 24.5 Å². The summed E-state index contributed by atoms with van der Waals surface area (Å²) in [7, 11) is 2.13. The Hall–Kier alpha value is -1.03. The van der Waals surface area contributed by atoms with Gasteiger partial charge in [0.1, 0.15) is 5.65 Å². The molecule has 2 aromatic rings. The van der Waals surface area contributed by atoms with Crippen molar-refractivity contribution >= 4 is 27.4 Å². The molecule has 2 rings (SSSR count). The maximum atomic E-state index is 4.78. The van der Waals surface area contributed by atoms with E-state index in [1.54, 1.807) is 0 Å². The zero-order valence-corrected chi connectivity index (χ0v) is 13.9. The van der Waals surface area contributed by atoms with E-state index in [1.807, 2.05) is 18.2 Å². The van der Waals surface area contributed by atoms with Gasteiger partial charge in [-0.15, -0.1) is 0 Å². The highest BCUT2D eigenvalue weighted by Crippen LogP contribution is 2.30. The van der Waals surface area contributed by atoms with Gasteiger partial charge in [-0.2, -0.15) is 0 Å². The molecule has 0 bridgehead atoms. The van der Waals surface area contributed by atoms with Crippen molar-refractivity contribution < 1.29 is 0 Å². The number of nitrogens with zero attached hydrogens (tertiary/aromatic N) is 3. The van der Waals surface area contributed by atoms with Gasteiger partial charge in [-0.3, -0.25) is 0 Å². The van der Waals surface area contributed by atoms with Gasteiger partial charge in [0.2, 0.25) is 0 Å². The topological polar surface area (TPSA) is 20.5 Å². The summed E-state index contributed by atoms with van der Waals surface area (Å²) in [6.45, 7) is 9.04. The van der Waals surface area contributed by atoms with Crippen molar-refractivity contribution in [3.63, 3.8) is 0 Å². The summed E-state index contributed by atoms with van der Waals surface area (Å²) in [5.74, 6) is 1.06. The van der Waals surface area contributed by atoms with Crippen molar-refractivity contribution in [3.8, 4) is 0 Å². The molecule has 3 nitrogen and oxygen atoms in total. The molecule has 2 heterocycles. The van der Waals surface area contributed by atoms with E-state index in [1.165, 1.54) is 5.69 Å². The van der Waals surface area contributed by atoms with Gasteiger partial charge in [0.05, 0.1) is 5.69 Å². The number of pyridine rings is 1. The van der Waals surface area contributed by atoms with Crippen LogP contribution in [0.2, 0.25) is 0 Å². The van der Waals surface area contributed by atoms with Gasteiger partial charge in [0.25, 0.3) is 0 Å². The van der Waals surface area contributed by atoms with E-state index in [-0.39, 0.29) is 5.41 Å². The van der Waals surface area contributed by atoms with E-state index in [2.05, 4.69) is 66.2 Å². The van der Waals surface area contributed by atoms with Crippen molar-refractivity contribution in [3.05, 3.63) is 30.1 Å². The highest BCUT2D eigenvalue weighted by atomic mass is 79.9. The van der Waals surface area contributed by atoms with Crippen LogP contribution in [-0.2, 0) is 5.33 Å². The number of anilines is 1. The number of halogens is 1. The quantitative estimate of drug-likeness (QED) is 0.793. The molecule has 0 spiro atoms. The number of aromatic nitrogens is 2. The second-order valence-electron chi connectivity index (χ2n) is 6.10. The fourth-order valence-corrected chi connectivity index (χ4v) is 2.73. The highest BCUT2D eigenvalue weighted by Gasteiger charge is 2.27. The normalized spacial score (nSPS) is 13.8. The van der Waals surface area contributed by atoms with Gasteiger partial charge in [0.15, 0.2) is 5.82 Å². The summed E-state index contributed by atoms with van der Waals surface area (Å²) in [4.78, 5) is 7.06. The lowest BCUT2D eigenvalue weighted by Crippen LogP contribution is -2.40. The average molecular weight is 324 g/mol. The maximum Gasteiger partial charge on any atom is 0.152 e. The number of fused-ring (bicyclic) bond motifs is 1. The molecule has 0 aliphatic heterocycles. The third kappa shape index (κ3) is 2.64. The van der Waals surface area contributed by atoms with Crippen LogP contribution in [0.4, 0.5) is 5.82 Å². The molecule has 0 saturated carbocycles. The smallest absolute Gasteiger partial charge is 0.152 e. The van der Waals surface area contributed by atoms with E-state index in [9.17, 15) is 0 Å². The Bertz CT molecular complexity index is 568. The second kappa shape index (κ2) is 5.16. The standard InChI is InChI=1S/C15H22BrN3/c1-11(15(2,3)4)18(5)14-12(10-16)19-9-7-6-8-13(19)17-14/h6-9,11H,10H2,1-5H3. The summed E-state index contributed by atoms with van der Waals surface area (Å²) in [5, 5.41) is 0.800. The Labute approximate surface area is 123 Å². The van der Waals surface area contributed by atoms with E-state index >= 15 is 0 Å². The first-order valence-corrected chi connectivity index (χ1v) is 7.73. The third-order valence-electron chi connectivity index (χ3n) is 3.90. The minimum Gasteiger partial charge on any atom is -0.355 e. The van der Waals surface area contributed by atoms with Crippen LogP contribution in [0, 0.1) is 5.41 Å².